The number of benzene rings is 1. The van der Waals surface area contributed by atoms with E-state index in [-0.39, 0.29) is 5.92 Å². The van der Waals surface area contributed by atoms with Gasteiger partial charge in [0.15, 0.2) is 0 Å². The molecule has 2 heterocycles. The van der Waals surface area contributed by atoms with Crippen molar-refractivity contribution in [1.29, 1.82) is 0 Å². The average molecular weight is 361 g/mol. The number of carbonyl (C=O) groups excluding carboxylic acids is 1. The third kappa shape index (κ3) is 3.95. The Hall–Kier alpha value is -2.08. The second kappa shape index (κ2) is 6.67. The van der Waals surface area contributed by atoms with Crippen LogP contribution >= 0.6 is 11.3 Å². The van der Waals surface area contributed by atoms with E-state index in [0.29, 0.717) is 13.0 Å². The molecule has 0 saturated carbocycles. The Kier molecular flexibility index (Phi) is 4.73. The van der Waals surface area contributed by atoms with Gasteiger partial charge in [0.25, 0.3) is 0 Å². The van der Waals surface area contributed by atoms with E-state index in [0.717, 1.165) is 6.42 Å². The Labute approximate surface area is 151 Å². The van der Waals surface area contributed by atoms with Crippen molar-refractivity contribution in [1.82, 2.24) is 4.90 Å². The third-order valence-electron chi connectivity index (χ3n) is 4.37. The Morgan fingerprint density at radius 1 is 1.32 bits per heavy atom. The van der Waals surface area contributed by atoms with Crippen LogP contribution in [0.2, 0.25) is 0 Å². The molecular weight excluding hydrogens is 338 g/mol. The lowest BCUT2D eigenvalue weighted by atomic mass is 9.96. The SMILES string of the molecule is CC(C)(C)OC(=O)N1C[C@H](Cc2csc3ccccc23)C[C@H]1C(=O)O. The van der Waals surface area contributed by atoms with Gasteiger partial charge < -0.3 is 9.84 Å². The van der Waals surface area contributed by atoms with E-state index in [1.54, 1.807) is 32.1 Å². The molecule has 1 aromatic carbocycles. The minimum atomic E-state index is -0.969. The number of hydrogen-bond acceptors (Lipinski definition) is 4. The Morgan fingerprint density at radius 2 is 2.04 bits per heavy atom. The number of aliphatic carboxylic acids is 1. The first kappa shape index (κ1) is 17.7. The molecule has 134 valence electrons. The standard InChI is InChI=1S/C19H23NO4S/c1-19(2,3)24-18(23)20-10-12(9-15(20)17(21)22)8-13-11-25-16-7-5-4-6-14(13)16/h4-7,11-12,15H,8-10H2,1-3H3,(H,21,22)/t12-,15+/m1/s1. The number of likely N-dealkylation sites (tertiary alicyclic amines) is 1. The van der Waals surface area contributed by atoms with Crippen LogP contribution in [-0.2, 0) is 16.0 Å². The fourth-order valence-electron chi connectivity index (χ4n) is 3.33. The predicted octanol–water partition coefficient (Wildman–Crippen LogP) is 4.15. The summed E-state index contributed by atoms with van der Waals surface area (Å²) in [6, 6.07) is 7.40. The summed E-state index contributed by atoms with van der Waals surface area (Å²) in [6.45, 7) is 5.76. The van der Waals surface area contributed by atoms with Gasteiger partial charge in [-0.15, -0.1) is 11.3 Å². The Balaban J connectivity index is 1.76. The molecule has 0 spiro atoms. The molecule has 0 aliphatic carbocycles. The van der Waals surface area contributed by atoms with Crippen LogP contribution < -0.4 is 0 Å². The summed E-state index contributed by atoms with van der Waals surface area (Å²) < 4.78 is 6.61. The molecule has 6 heteroatoms. The summed E-state index contributed by atoms with van der Waals surface area (Å²) in [5.74, 6) is -0.852. The Morgan fingerprint density at radius 3 is 2.72 bits per heavy atom. The van der Waals surface area contributed by atoms with Crippen molar-refractivity contribution < 1.29 is 19.4 Å². The van der Waals surface area contributed by atoms with Crippen LogP contribution in [0.5, 0.6) is 0 Å². The summed E-state index contributed by atoms with van der Waals surface area (Å²) in [7, 11) is 0. The molecule has 5 nitrogen and oxygen atoms in total. The topological polar surface area (TPSA) is 66.8 Å². The quantitative estimate of drug-likeness (QED) is 0.892. The van der Waals surface area contributed by atoms with Gasteiger partial charge in [0, 0.05) is 11.2 Å². The van der Waals surface area contributed by atoms with Gasteiger partial charge in [-0.2, -0.15) is 0 Å². The van der Waals surface area contributed by atoms with Gasteiger partial charge >= 0.3 is 12.1 Å². The number of carboxylic acid groups (broad SMARTS) is 1. The monoisotopic (exact) mass is 361 g/mol. The largest absolute Gasteiger partial charge is 0.480 e. The lowest BCUT2D eigenvalue weighted by molar-refractivity contribution is -0.142. The van der Waals surface area contributed by atoms with Crippen LogP contribution in [0, 0.1) is 5.92 Å². The molecule has 1 amide bonds. The van der Waals surface area contributed by atoms with Crippen LogP contribution in [0.25, 0.3) is 10.1 Å². The van der Waals surface area contributed by atoms with E-state index in [1.165, 1.54) is 20.5 Å². The highest BCUT2D eigenvalue weighted by atomic mass is 32.1. The molecular formula is C19H23NO4S. The molecule has 0 radical (unpaired) electrons. The highest BCUT2D eigenvalue weighted by Gasteiger charge is 2.41. The van der Waals surface area contributed by atoms with Crippen LogP contribution in [-0.4, -0.2) is 40.3 Å². The van der Waals surface area contributed by atoms with Crippen LogP contribution in [0.1, 0.15) is 32.8 Å². The summed E-state index contributed by atoms with van der Waals surface area (Å²) in [5.41, 5.74) is 0.586. The maximum Gasteiger partial charge on any atom is 0.411 e. The van der Waals surface area contributed by atoms with Crippen molar-refractivity contribution in [2.24, 2.45) is 5.92 Å². The minimum Gasteiger partial charge on any atom is -0.480 e. The zero-order valence-corrected chi connectivity index (χ0v) is 15.5. The normalized spacial score (nSPS) is 20.8. The molecule has 0 unspecified atom stereocenters. The van der Waals surface area contributed by atoms with E-state index in [1.807, 2.05) is 12.1 Å². The number of fused-ring (bicyclic) bond motifs is 1. The predicted molar refractivity (Wildman–Crippen MR) is 98.0 cm³/mol. The maximum atomic E-state index is 12.4. The molecule has 1 saturated heterocycles. The first-order valence-electron chi connectivity index (χ1n) is 8.42. The molecule has 1 aromatic heterocycles. The van der Waals surface area contributed by atoms with Crippen molar-refractivity contribution in [3.63, 3.8) is 0 Å². The van der Waals surface area contributed by atoms with Crippen LogP contribution in [0.3, 0.4) is 0 Å². The number of carboxylic acids is 1. The summed E-state index contributed by atoms with van der Waals surface area (Å²) >= 11 is 1.70. The van der Waals surface area contributed by atoms with E-state index in [2.05, 4.69) is 17.5 Å². The van der Waals surface area contributed by atoms with Gasteiger partial charge in [-0.05, 0) is 61.9 Å². The molecule has 1 fully saturated rings. The van der Waals surface area contributed by atoms with E-state index < -0.39 is 23.7 Å². The second-order valence-corrected chi connectivity index (χ2v) is 8.46. The molecule has 1 aliphatic rings. The van der Waals surface area contributed by atoms with Crippen molar-refractivity contribution in [3.8, 4) is 0 Å². The van der Waals surface area contributed by atoms with Gasteiger partial charge in [0.1, 0.15) is 11.6 Å². The van der Waals surface area contributed by atoms with Crippen molar-refractivity contribution in [3.05, 3.63) is 35.2 Å². The summed E-state index contributed by atoms with van der Waals surface area (Å²) in [4.78, 5) is 25.3. The number of nitrogens with zero attached hydrogens (tertiary/aromatic N) is 1. The van der Waals surface area contributed by atoms with Crippen molar-refractivity contribution in [2.75, 3.05) is 6.54 Å². The smallest absolute Gasteiger partial charge is 0.411 e. The number of carbonyl (C=O) groups is 2. The molecule has 0 bridgehead atoms. The van der Waals surface area contributed by atoms with Crippen LogP contribution in [0.15, 0.2) is 29.6 Å². The number of rotatable bonds is 3. The third-order valence-corrected chi connectivity index (χ3v) is 5.38. The number of ether oxygens (including phenoxy) is 1. The first-order chi connectivity index (χ1) is 11.7. The fraction of sp³-hybridized carbons (Fsp3) is 0.474. The van der Waals surface area contributed by atoms with E-state index in [9.17, 15) is 14.7 Å². The molecule has 1 aliphatic heterocycles. The molecule has 3 rings (SSSR count). The highest BCUT2D eigenvalue weighted by Crippen LogP contribution is 2.32. The fourth-order valence-corrected chi connectivity index (χ4v) is 4.30. The molecule has 2 atom stereocenters. The Bertz CT molecular complexity index is 792. The number of amides is 1. The van der Waals surface area contributed by atoms with Gasteiger partial charge in [-0.25, -0.2) is 9.59 Å². The van der Waals surface area contributed by atoms with Gasteiger partial charge in [-0.1, -0.05) is 18.2 Å². The second-order valence-electron chi connectivity index (χ2n) is 7.55. The van der Waals surface area contributed by atoms with Crippen molar-refractivity contribution in [2.45, 2.75) is 45.3 Å². The lowest BCUT2D eigenvalue weighted by Gasteiger charge is -2.26. The number of hydrogen-bond donors (Lipinski definition) is 1. The lowest BCUT2D eigenvalue weighted by Crippen LogP contribution is -2.43. The van der Waals surface area contributed by atoms with E-state index >= 15 is 0 Å². The first-order valence-corrected chi connectivity index (χ1v) is 9.30. The van der Waals surface area contributed by atoms with Gasteiger partial charge in [-0.3, -0.25) is 4.90 Å². The number of thiophene rings is 1. The van der Waals surface area contributed by atoms with Crippen molar-refractivity contribution >= 4 is 33.5 Å². The highest BCUT2D eigenvalue weighted by molar-refractivity contribution is 7.17. The average Bonchev–Trinajstić information content (AvgIpc) is 3.11. The molecule has 2 aromatic rings. The summed E-state index contributed by atoms with van der Waals surface area (Å²) in [5, 5.41) is 12.9. The van der Waals surface area contributed by atoms with Gasteiger partial charge in [0.2, 0.25) is 0 Å². The summed E-state index contributed by atoms with van der Waals surface area (Å²) in [6.07, 6.45) is 0.684. The minimum absolute atomic E-state index is 0.117. The molecule has 1 N–H and O–H groups in total. The zero-order valence-electron chi connectivity index (χ0n) is 14.7. The molecule has 25 heavy (non-hydrogen) atoms. The van der Waals surface area contributed by atoms with E-state index in [4.69, 9.17) is 4.74 Å². The zero-order chi connectivity index (χ0) is 18.2. The van der Waals surface area contributed by atoms with Gasteiger partial charge in [0.05, 0.1) is 0 Å². The maximum absolute atomic E-state index is 12.4. The van der Waals surface area contributed by atoms with Crippen LogP contribution in [0.4, 0.5) is 4.79 Å².